The maximum atomic E-state index is 12.1. The fourth-order valence-corrected chi connectivity index (χ4v) is 2.54. The normalized spacial score (nSPS) is 10.5. The van der Waals surface area contributed by atoms with Crippen LogP contribution in [0.1, 0.15) is 22.8 Å². The molecule has 116 valence electrons. The van der Waals surface area contributed by atoms with Crippen LogP contribution >= 0.6 is 11.8 Å². The van der Waals surface area contributed by atoms with E-state index in [1.54, 1.807) is 19.2 Å². The number of tetrazole rings is 1. The summed E-state index contributed by atoms with van der Waals surface area (Å²) < 4.78 is 1.53. The molecule has 8 heteroatoms. The summed E-state index contributed by atoms with van der Waals surface area (Å²) in [4.78, 5) is 22.9. The van der Waals surface area contributed by atoms with Crippen molar-refractivity contribution in [2.24, 2.45) is 7.05 Å². The van der Waals surface area contributed by atoms with E-state index in [1.807, 2.05) is 12.1 Å². The molecule has 1 aromatic heterocycles. The lowest BCUT2D eigenvalue weighted by molar-refractivity contribution is -0.118. The molecule has 0 spiro atoms. The topological polar surface area (TPSA) is 89.8 Å². The van der Waals surface area contributed by atoms with Crippen molar-refractivity contribution in [3.63, 3.8) is 0 Å². The van der Waals surface area contributed by atoms with Crippen LogP contribution in [0.3, 0.4) is 0 Å². The average molecular weight is 319 g/mol. The van der Waals surface area contributed by atoms with Crippen molar-refractivity contribution in [2.75, 3.05) is 12.3 Å². The summed E-state index contributed by atoms with van der Waals surface area (Å²) >= 11 is 1.31. The predicted octanol–water partition coefficient (Wildman–Crippen LogP) is 0.864. The minimum atomic E-state index is -0.0397. The van der Waals surface area contributed by atoms with Gasteiger partial charge in [0.2, 0.25) is 11.1 Å². The smallest absolute Gasteiger partial charge is 0.216 e. The Hall–Kier alpha value is -2.22. The zero-order valence-electron chi connectivity index (χ0n) is 12.4. The number of benzene rings is 1. The van der Waals surface area contributed by atoms with Gasteiger partial charge in [-0.3, -0.25) is 9.59 Å². The van der Waals surface area contributed by atoms with E-state index < -0.39 is 0 Å². The molecule has 0 atom stereocenters. The first-order valence-corrected chi connectivity index (χ1v) is 7.76. The number of hydrogen-bond acceptors (Lipinski definition) is 6. The highest BCUT2D eigenvalue weighted by atomic mass is 32.2. The van der Waals surface area contributed by atoms with E-state index in [-0.39, 0.29) is 11.7 Å². The number of carbonyl (C=O) groups is 2. The molecular weight excluding hydrogens is 302 g/mol. The third kappa shape index (κ3) is 4.66. The molecule has 2 aromatic rings. The lowest BCUT2D eigenvalue weighted by Crippen LogP contribution is -2.22. The first kappa shape index (κ1) is 16.2. The third-order valence-electron chi connectivity index (χ3n) is 2.98. The second-order valence-corrected chi connectivity index (χ2v) is 5.67. The van der Waals surface area contributed by atoms with Crippen molar-refractivity contribution in [3.05, 3.63) is 35.4 Å². The summed E-state index contributed by atoms with van der Waals surface area (Å²) in [6, 6.07) is 7.43. The van der Waals surface area contributed by atoms with Crippen LogP contribution in [0.5, 0.6) is 0 Å². The number of nitrogens with zero attached hydrogens (tertiary/aromatic N) is 4. The van der Waals surface area contributed by atoms with Gasteiger partial charge >= 0.3 is 0 Å². The number of ketones is 1. The van der Waals surface area contributed by atoms with E-state index >= 15 is 0 Å². The largest absolute Gasteiger partial charge is 0.356 e. The minimum absolute atomic E-state index is 0.0291. The summed E-state index contributed by atoms with van der Waals surface area (Å²) in [6.07, 6.45) is 0.743. The Balaban J connectivity index is 1.85. The molecule has 0 aliphatic heterocycles. The molecular formula is C14H17N5O2S. The van der Waals surface area contributed by atoms with Crippen molar-refractivity contribution in [1.29, 1.82) is 0 Å². The number of Topliss-reactive ketones (excluding diaryl/α,β-unsaturated/α-hetero) is 1. The Morgan fingerprint density at radius 2 is 2.00 bits per heavy atom. The summed E-state index contributed by atoms with van der Waals surface area (Å²) in [6.45, 7) is 2.09. The highest BCUT2D eigenvalue weighted by Crippen LogP contribution is 2.15. The second-order valence-electron chi connectivity index (χ2n) is 4.73. The van der Waals surface area contributed by atoms with Crippen molar-refractivity contribution >= 4 is 23.5 Å². The van der Waals surface area contributed by atoms with Gasteiger partial charge in [-0.15, -0.1) is 5.10 Å². The van der Waals surface area contributed by atoms with E-state index in [1.165, 1.54) is 23.4 Å². The fraction of sp³-hybridized carbons (Fsp3) is 0.357. The highest BCUT2D eigenvalue weighted by molar-refractivity contribution is 7.99. The van der Waals surface area contributed by atoms with Gasteiger partial charge in [0.1, 0.15) is 0 Å². The molecule has 0 aliphatic carbocycles. The van der Waals surface area contributed by atoms with Gasteiger partial charge < -0.3 is 5.32 Å². The Kier molecular flexibility index (Phi) is 5.65. The lowest BCUT2D eigenvalue weighted by Gasteiger charge is -2.04. The van der Waals surface area contributed by atoms with Crippen LogP contribution in [0.4, 0.5) is 0 Å². The molecule has 7 nitrogen and oxygen atoms in total. The molecule has 0 aliphatic rings. The molecule has 0 unspecified atom stereocenters. The summed E-state index contributed by atoms with van der Waals surface area (Å²) in [5.41, 5.74) is 1.74. The number of amides is 1. The van der Waals surface area contributed by atoms with Gasteiger partial charge in [-0.25, -0.2) is 4.68 Å². The van der Waals surface area contributed by atoms with E-state index in [9.17, 15) is 9.59 Å². The molecule has 22 heavy (non-hydrogen) atoms. The third-order valence-corrected chi connectivity index (χ3v) is 3.99. The molecule has 0 fully saturated rings. The molecule has 0 bridgehead atoms. The number of rotatable bonds is 7. The zero-order chi connectivity index (χ0) is 15.9. The lowest BCUT2D eigenvalue weighted by atomic mass is 10.1. The van der Waals surface area contributed by atoms with Gasteiger partial charge in [-0.1, -0.05) is 36.0 Å². The fourth-order valence-electron chi connectivity index (χ4n) is 1.80. The number of nitrogens with one attached hydrogen (secondary N) is 1. The maximum absolute atomic E-state index is 12.1. The van der Waals surface area contributed by atoms with E-state index in [2.05, 4.69) is 20.8 Å². The Bertz CT molecular complexity index is 654. The van der Waals surface area contributed by atoms with Crippen LogP contribution in [0.15, 0.2) is 29.4 Å². The quantitative estimate of drug-likeness (QED) is 0.601. The van der Waals surface area contributed by atoms with Crippen molar-refractivity contribution in [1.82, 2.24) is 25.5 Å². The average Bonchev–Trinajstić information content (AvgIpc) is 2.90. The molecule has 0 radical (unpaired) electrons. The van der Waals surface area contributed by atoms with Crippen molar-refractivity contribution in [3.8, 4) is 0 Å². The summed E-state index contributed by atoms with van der Waals surface area (Å²) in [5, 5.41) is 14.4. The molecule has 1 heterocycles. The second kappa shape index (κ2) is 7.69. The Labute approximate surface area is 132 Å². The van der Waals surface area contributed by atoms with Crippen LogP contribution in [-0.4, -0.2) is 44.2 Å². The first-order valence-electron chi connectivity index (χ1n) is 6.78. The van der Waals surface area contributed by atoms with Gasteiger partial charge in [-0.05, 0) is 22.4 Å². The number of aryl methyl sites for hydroxylation is 1. The van der Waals surface area contributed by atoms with Crippen molar-refractivity contribution < 1.29 is 9.59 Å². The standard InChI is InChI=1S/C14H17N5O2S/c1-10(20)15-8-7-11-3-5-12(6-4-11)13(21)9-22-14-16-17-18-19(14)2/h3-6H,7-9H2,1-2H3,(H,15,20). The number of carbonyl (C=O) groups excluding carboxylic acids is 2. The summed E-state index contributed by atoms with van der Waals surface area (Å²) in [7, 11) is 1.73. The van der Waals surface area contributed by atoms with Crippen LogP contribution in [0, 0.1) is 0 Å². The molecule has 2 rings (SSSR count). The molecule has 1 amide bonds. The SMILES string of the molecule is CC(=O)NCCc1ccc(C(=O)CSc2nnnn2C)cc1. The number of hydrogen-bond donors (Lipinski definition) is 1. The predicted molar refractivity (Wildman–Crippen MR) is 82.7 cm³/mol. The minimum Gasteiger partial charge on any atom is -0.356 e. The molecule has 1 N–H and O–H groups in total. The van der Waals surface area contributed by atoms with Crippen molar-refractivity contribution in [2.45, 2.75) is 18.5 Å². The van der Waals surface area contributed by atoms with E-state index in [4.69, 9.17) is 0 Å². The monoisotopic (exact) mass is 319 g/mol. The molecule has 0 saturated carbocycles. The number of aromatic nitrogens is 4. The molecule has 1 aromatic carbocycles. The van der Waals surface area contributed by atoms with E-state index in [0.29, 0.717) is 23.0 Å². The number of thioether (sulfide) groups is 1. The summed E-state index contributed by atoms with van der Waals surface area (Å²) in [5.74, 6) is 0.280. The van der Waals surface area contributed by atoms with Gasteiger partial charge in [0.05, 0.1) is 5.75 Å². The highest BCUT2D eigenvalue weighted by Gasteiger charge is 2.10. The first-order chi connectivity index (χ1) is 10.6. The van der Waals surface area contributed by atoms with E-state index in [0.717, 1.165) is 12.0 Å². The Morgan fingerprint density at radius 3 is 2.59 bits per heavy atom. The maximum Gasteiger partial charge on any atom is 0.216 e. The van der Waals surface area contributed by atoms with Crippen LogP contribution < -0.4 is 5.32 Å². The van der Waals surface area contributed by atoms with Gasteiger partial charge in [0, 0.05) is 26.1 Å². The Morgan fingerprint density at radius 1 is 1.27 bits per heavy atom. The van der Waals surface area contributed by atoms with Gasteiger partial charge in [0.15, 0.2) is 5.78 Å². The van der Waals surface area contributed by atoms with Gasteiger partial charge in [0.25, 0.3) is 0 Å². The zero-order valence-corrected chi connectivity index (χ0v) is 13.3. The van der Waals surface area contributed by atoms with Crippen LogP contribution in [-0.2, 0) is 18.3 Å². The van der Waals surface area contributed by atoms with Gasteiger partial charge in [-0.2, -0.15) is 0 Å². The van der Waals surface area contributed by atoms with Crippen LogP contribution in [0.2, 0.25) is 0 Å². The van der Waals surface area contributed by atoms with Crippen LogP contribution in [0.25, 0.3) is 0 Å². The molecule has 0 saturated heterocycles.